The van der Waals surface area contributed by atoms with Gasteiger partial charge in [-0.05, 0) is 48.1 Å². The Bertz CT molecular complexity index is 340. The van der Waals surface area contributed by atoms with Gasteiger partial charge in [-0.2, -0.15) is 0 Å². The second-order valence-electron chi connectivity index (χ2n) is 4.62. The maximum atomic E-state index is 13.2. The van der Waals surface area contributed by atoms with E-state index in [1.54, 1.807) is 12.1 Å². The fourth-order valence-electron chi connectivity index (χ4n) is 2.35. The number of rotatable bonds is 2. The van der Waals surface area contributed by atoms with Crippen LogP contribution in [0.4, 0.5) is 4.39 Å². The van der Waals surface area contributed by atoms with Gasteiger partial charge in [0.2, 0.25) is 0 Å². The van der Waals surface area contributed by atoms with E-state index >= 15 is 0 Å². The first kappa shape index (κ1) is 10.6. The van der Waals surface area contributed by atoms with Crippen LogP contribution in [-0.2, 0) is 0 Å². The van der Waals surface area contributed by atoms with Crippen LogP contribution in [0.3, 0.4) is 0 Å². The Kier molecular flexibility index (Phi) is 3.06. The van der Waals surface area contributed by atoms with E-state index in [-0.39, 0.29) is 5.82 Å². The summed E-state index contributed by atoms with van der Waals surface area (Å²) in [5, 5.41) is 3.33. The SMILES string of the molecule is CC(C)c1ccc(F)cc1C1CCNC1. The summed E-state index contributed by atoms with van der Waals surface area (Å²) in [4.78, 5) is 0. The van der Waals surface area contributed by atoms with Crippen molar-refractivity contribution in [2.24, 2.45) is 0 Å². The van der Waals surface area contributed by atoms with E-state index in [1.165, 1.54) is 11.1 Å². The number of hydrogen-bond donors (Lipinski definition) is 1. The van der Waals surface area contributed by atoms with Gasteiger partial charge in [-0.25, -0.2) is 4.39 Å². The van der Waals surface area contributed by atoms with Crippen LogP contribution in [0.5, 0.6) is 0 Å². The van der Waals surface area contributed by atoms with Crippen molar-refractivity contribution in [3.8, 4) is 0 Å². The molecule has 1 nitrogen and oxygen atoms in total. The van der Waals surface area contributed by atoms with Gasteiger partial charge < -0.3 is 5.32 Å². The highest BCUT2D eigenvalue weighted by Gasteiger charge is 2.20. The largest absolute Gasteiger partial charge is 0.316 e. The summed E-state index contributed by atoms with van der Waals surface area (Å²) in [6.07, 6.45) is 1.13. The lowest BCUT2D eigenvalue weighted by atomic mass is 9.88. The Morgan fingerprint density at radius 1 is 1.40 bits per heavy atom. The molecule has 1 atom stereocenters. The number of nitrogens with one attached hydrogen (secondary N) is 1. The second kappa shape index (κ2) is 4.31. The standard InChI is InChI=1S/C13H18FN/c1-9(2)12-4-3-11(14)7-13(12)10-5-6-15-8-10/h3-4,7,9-10,15H,5-6,8H2,1-2H3. The third-order valence-corrected chi connectivity index (χ3v) is 3.17. The summed E-state index contributed by atoms with van der Waals surface area (Å²) in [5.74, 6) is 0.862. The molecule has 1 unspecified atom stereocenters. The molecule has 15 heavy (non-hydrogen) atoms. The summed E-state index contributed by atoms with van der Waals surface area (Å²) in [6.45, 7) is 6.38. The lowest BCUT2D eigenvalue weighted by Crippen LogP contribution is -2.10. The van der Waals surface area contributed by atoms with Crippen LogP contribution >= 0.6 is 0 Å². The highest BCUT2D eigenvalue weighted by Crippen LogP contribution is 2.30. The Morgan fingerprint density at radius 2 is 2.20 bits per heavy atom. The van der Waals surface area contributed by atoms with Crippen LogP contribution in [0.15, 0.2) is 18.2 Å². The molecule has 1 aliphatic rings. The number of hydrogen-bond acceptors (Lipinski definition) is 1. The molecular formula is C13H18FN. The van der Waals surface area contributed by atoms with Crippen molar-refractivity contribution in [3.63, 3.8) is 0 Å². The predicted octanol–water partition coefficient (Wildman–Crippen LogP) is 3.03. The summed E-state index contributed by atoms with van der Waals surface area (Å²) in [5.41, 5.74) is 2.50. The molecular weight excluding hydrogens is 189 g/mol. The van der Waals surface area contributed by atoms with Gasteiger partial charge in [-0.15, -0.1) is 0 Å². The van der Waals surface area contributed by atoms with Crippen molar-refractivity contribution < 1.29 is 4.39 Å². The van der Waals surface area contributed by atoms with E-state index in [0.29, 0.717) is 11.8 Å². The molecule has 1 saturated heterocycles. The van der Waals surface area contributed by atoms with Crippen LogP contribution in [0.1, 0.15) is 43.2 Å². The monoisotopic (exact) mass is 207 g/mol. The van der Waals surface area contributed by atoms with Gasteiger partial charge in [0.1, 0.15) is 5.82 Å². The van der Waals surface area contributed by atoms with Gasteiger partial charge >= 0.3 is 0 Å². The van der Waals surface area contributed by atoms with Crippen molar-refractivity contribution in [2.45, 2.75) is 32.1 Å². The molecule has 2 rings (SSSR count). The zero-order chi connectivity index (χ0) is 10.8. The van der Waals surface area contributed by atoms with Gasteiger partial charge in [-0.3, -0.25) is 0 Å². The molecule has 0 saturated carbocycles. The minimum Gasteiger partial charge on any atom is -0.316 e. The molecule has 0 spiro atoms. The first-order valence-electron chi connectivity index (χ1n) is 5.68. The Balaban J connectivity index is 2.37. The van der Waals surface area contributed by atoms with Crippen LogP contribution in [-0.4, -0.2) is 13.1 Å². The quantitative estimate of drug-likeness (QED) is 0.786. The summed E-state index contributed by atoms with van der Waals surface area (Å²) >= 11 is 0. The molecule has 1 N–H and O–H groups in total. The molecule has 0 aliphatic carbocycles. The number of benzene rings is 1. The first-order valence-corrected chi connectivity index (χ1v) is 5.68. The highest BCUT2D eigenvalue weighted by atomic mass is 19.1. The van der Waals surface area contributed by atoms with Gasteiger partial charge in [0.05, 0.1) is 0 Å². The molecule has 1 aromatic carbocycles. The van der Waals surface area contributed by atoms with E-state index in [4.69, 9.17) is 0 Å². The molecule has 0 aromatic heterocycles. The second-order valence-corrected chi connectivity index (χ2v) is 4.62. The Morgan fingerprint density at radius 3 is 2.80 bits per heavy atom. The minimum absolute atomic E-state index is 0.110. The van der Waals surface area contributed by atoms with Crippen LogP contribution in [0.2, 0.25) is 0 Å². The van der Waals surface area contributed by atoms with Crippen molar-refractivity contribution in [3.05, 3.63) is 35.1 Å². The highest BCUT2D eigenvalue weighted by molar-refractivity contribution is 5.34. The summed E-state index contributed by atoms with van der Waals surface area (Å²) in [7, 11) is 0. The lowest BCUT2D eigenvalue weighted by molar-refractivity contribution is 0.617. The molecule has 1 aromatic rings. The van der Waals surface area contributed by atoms with Gasteiger partial charge in [0.15, 0.2) is 0 Å². The van der Waals surface area contributed by atoms with E-state index in [9.17, 15) is 4.39 Å². The summed E-state index contributed by atoms with van der Waals surface area (Å²) < 4.78 is 13.2. The smallest absolute Gasteiger partial charge is 0.123 e. The minimum atomic E-state index is -0.110. The predicted molar refractivity (Wildman–Crippen MR) is 60.7 cm³/mol. The average Bonchev–Trinajstić information content (AvgIpc) is 2.69. The molecule has 82 valence electrons. The molecule has 0 bridgehead atoms. The van der Waals surface area contributed by atoms with E-state index in [1.807, 2.05) is 6.07 Å². The maximum absolute atomic E-state index is 13.2. The van der Waals surface area contributed by atoms with Gasteiger partial charge in [0.25, 0.3) is 0 Å². The fourth-order valence-corrected chi connectivity index (χ4v) is 2.35. The van der Waals surface area contributed by atoms with Crippen molar-refractivity contribution in [2.75, 3.05) is 13.1 Å². The van der Waals surface area contributed by atoms with Gasteiger partial charge in [0, 0.05) is 6.54 Å². The topological polar surface area (TPSA) is 12.0 Å². The molecule has 0 radical (unpaired) electrons. The normalized spacial score (nSPS) is 21.2. The Labute approximate surface area is 90.7 Å². The zero-order valence-electron chi connectivity index (χ0n) is 9.39. The molecule has 2 heteroatoms. The van der Waals surface area contributed by atoms with Crippen molar-refractivity contribution in [1.82, 2.24) is 5.32 Å². The average molecular weight is 207 g/mol. The van der Waals surface area contributed by atoms with Crippen LogP contribution < -0.4 is 5.32 Å². The fraction of sp³-hybridized carbons (Fsp3) is 0.538. The molecule has 1 fully saturated rings. The lowest BCUT2D eigenvalue weighted by Gasteiger charge is -2.17. The van der Waals surface area contributed by atoms with Gasteiger partial charge in [-0.1, -0.05) is 19.9 Å². The molecule has 1 aliphatic heterocycles. The van der Waals surface area contributed by atoms with E-state index in [2.05, 4.69) is 19.2 Å². The van der Waals surface area contributed by atoms with Crippen molar-refractivity contribution >= 4 is 0 Å². The van der Waals surface area contributed by atoms with E-state index in [0.717, 1.165) is 19.5 Å². The maximum Gasteiger partial charge on any atom is 0.123 e. The van der Waals surface area contributed by atoms with Crippen molar-refractivity contribution in [1.29, 1.82) is 0 Å². The van der Waals surface area contributed by atoms with Crippen LogP contribution in [0.25, 0.3) is 0 Å². The zero-order valence-corrected chi connectivity index (χ0v) is 9.39. The van der Waals surface area contributed by atoms with E-state index < -0.39 is 0 Å². The number of halogens is 1. The Hall–Kier alpha value is -0.890. The first-order chi connectivity index (χ1) is 7.18. The summed E-state index contributed by atoms with van der Waals surface area (Å²) in [6, 6.07) is 5.22. The molecule has 0 amide bonds. The van der Waals surface area contributed by atoms with Crippen LogP contribution in [0, 0.1) is 5.82 Å². The third-order valence-electron chi connectivity index (χ3n) is 3.17. The molecule has 1 heterocycles. The third kappa shape index (κ3) is 2.20.